The molecule has 1 aliphatic heterocycles. The van der Waals surface area contributed by atoms with Gasteiger partial charge in [0.05, 0.1) is 0 Å². The molecule has 2 rings (SSSR count). The molecule has 1 saturated heterocycles. The molecule has 1 heterocycles. The number of rotatable bonds is 2. The number of thioether (sulfide) groups is 1. The van der Waals surface area contributed by atoms with E-state index < -0.39 is 0 Å². The third-order valence-electron chi connectivity index (χ3n) is 3.82. The highest BCUT2D eigenvalue weighted by Crippen LogP contribution is 2.47. The third-order valence-corrected chi connectivity index (χ3v) is 4.80. The van der Waals surface area contributed by atoms with Crippen LogP contribution >= 0.6 is 24.2 Å². The molecule has 4 heteroatoms. The van der Waals surface area contributed by atoms with Gasteiger partial charge in [0.25, 0.3) is 0 Å². The predicted molar refractivity (Wildman–Crippen MR) is 67.6 cm³/mol. The van der Waals surface area contributed by atoms with E-state index in [1.165, 1.54) is 44.0 Å². The summed E-state index contributed by atoms with van der Waals surface area (Å²) in [6, 6.07) is 0. The van der Waals surface area contributed by atoms with Crippen molar-refractivity contribution in [1.82, 2.24) is 5.32 Å². The highest BCUT2D eigenvalue weighted by atomic mass is 35.5. The molecule has 0 radical (unpaired) electrons. The Labute approximate surface area is 102 Å². The minimum absolute atomic E-state index is 0. The Balaban J connectivity index is 0.00000112. The molecule has 0 bridgehead atoms. The summed E-state index contributed by atoms with van der Waals surface area (Å²) in [7, 11) is 0. The second-order valence-electron chi connectivity index (χ2n) is 4.70. The molecule has 2 nitrogen and oxygen atoms in total. The van der Waals surface area contributed by atoms with Gasteiger partial charge < -0.3 is 5.32 Å². The summed E-state index contributed by atoms with van der Waals surface area (Å²) in [5.41, 5.74) is 0.558. The Morgan fingerprint density at radius 2 is 2.13 bits per heavy atom. The number of carbonyl (C=O) groups is 1. The van der Waals surface area contributed by atoms with Gasteiger partial charge in [-0.3, -0.25) is 4.79 Å². The Morgan fingerprint density at radius 3 is 2.73 bits per heavy atom. The van der Waals surface area contributed by atoms with E-state index in [-0.39, 0.29) is 17.5 Å². The van der Waals surface area contributed by atoms with Crippen molar-refractivity contribution >= 4 is 29.3 Å². The molecule has 0 aromatic rings. The van der Waals surface area contributed by atoms with E-state index in [1.54, 1.807) is 6.92 Å². The van der Waals surface area contributed by atoms with Gasteiger partial charge in [-0.1, -0.05) is 24.6 Å². The zero-order valence-electron chi connectivity index (χ0n) is 9.25. The van der Waals surface area contributed by atoms with Crippen LogP contribution < -0.4 is 5.32 Å². The average molecular weight is 250 g/mol. The molecule has 1 aliphatic carbocycles. The lowest BCUT2D eigenvalue weighted by atomic mass is 9.77. The Bertz CT molecular complexity index is 223. The summed E-state index contributed by atoms with van der Waals surface area (Å²) < 4.78 is 0. The molecule has 2 aliphatic rings. The molecule has 2 fully saturated rings. The van der Waals surface area contributed by atoms with Gasteiger partial charge in [0, 0.05) is 19.2 Å². The quantitative estimate of drug-likeness (QED) is 0.815. The van der Waals surface area contributed by atoms with E-state index in [1.807, 2.05) is 0 Å². The van der Waals surface area contributed by atoms with Crippen LogP contribution in [-0.2, 0) is 4.79 Å². The molecule has 15 heavy (non-hydrogen) atoms. The zero-order valence-corrected chi connectivity index (χ0v) is 10.9. The molecule has 0 aromatic heterocycles. The van der Waals surface area contributed by atoms with Crippen LogP contribution in [-0.4, -0.2) is 24.0 Å². The molecule has 1 unspecified atom stereocenters. The molecule has 88 valence electrons. The SMILES string of the molecule is CC(=O)SCC1CNCC12CCCC2.Cl. The first-order chi connectivity index (χ1) is 6.73. The minimum Gasteiger partial charge on any atom is -0.316 e. The first-order valence-corrected chi connectivity index (χ1v) is 6.56. The van der Waals surface area contributed by atoms with Gasteiger partial charge in [-0.05, 0) is 30.7 Å². The number of hydrogen-bond acceptors (Lipinski definition) is 3. The molecular weight excluding hydrogens is 230 g/mol. The number of nitrogens with one attached hydrogen (secondary N) is 1. The molecule has 1 N–H and O–H groups in total. The van der Waals surface area contributed by atoms with E-state index in [0.717, 1.165) is 18.2 Å². The lowest BCUT2D eigenvalue weighted by Gasteiger charge is -2.29. The van der Waals surface area contributed by atoms with E-state index in [2.05, 4.69) is 5.32 Å². The number of halogens is 1. The molecule has 0 amide bonds. The molecule has 1 spiro atoms. The fourth-order valence-corrected chi connectivity index (χ4v) is 3.88. The Morgan fingerprint density at radius 1 is 1.47 bits per heavy atom. The summed E-state index contributed by atoms with van der Waals surface area (Å²) in [6.45, 7) is 3.99. The van der Waals surface area contributed by atoms with Crippen molar-refractivity contribution in [3.63, 3.8) is 0 Å². The van der Waals surface area contributed by atoms with Crippen molar-refractivity contribution in [3.8, 4) is 0 Å². The Hall–Kier alpha value is 0.270. The maximum atomic E-state index is 10.9. The lowest BCUT2D eigenvalue weighted by Crippen LogP contribution is -2.28. The van der Waals surface area contributed by atoms with Crippen molar-refractivity contribution in [1.29, 1.82) is 0 Å². The largest absolute Gasteiger partial charge is 0.316 e. The second-order valence-corrected chi connectivity index (χ2v) is 5.90. The van der Waals surface area contributed by atoms with Crippen LogP contribution in [0.2, 0.25) is 0 Å². The van der Waals surface area contributed by atoms with Crippen molar-refractivity contribution in [2.75, 3.05) is 18.8 Å². The Kier molecular flexibility index (Phi) is 4.94. The van der Waals surface area contributed by atoms with Crippen molar-refractivity contribution in [3.05, 3.63) is 0 Å². The first kappa shape index (κ1) is 13.3. The fourth-order valence-electron chi connectivity index (χ4n) is 2.97. The van der Waals surface area contributed by atoms with Gasteiger partial charge in [-0.15, -0.1) is 12.4 Å². The summed E-state index contributed by atoms with van der Waals surface area (Å²) >= 11 is 1.51. The third kappa shape index (κ3) is 2.89. The second kappa shape index (κ2) is 5.55. The summed E-state index contributed by atoms with van der Waals surface area (Å²) in [6.07, 6.45) is 5.54. The van der Waals surface area contributed by atoms with Crippen molar-refractivity contribution in [2.45, 2.75) is 32.6 Å². The van der Waals surface area contributed by atoms with E-state index in [9.17, 15) is 4.79 Å². The van der Waals surface area contributed by atoms with Gasteiger partial charge >= 0.3 is 0 Å². The summed E-state index contributed by atoms with van der Waals surface area (Å²) in [5.74, 6) is 1.77. The predicted octanol–water partition coefficient (Wildman–Crippen LogP) is 2.47. The van der Waals surface area contributed by atoms with Crippen LogP contribution in [0.5, 0.6) is 0 Å². The van der Waals surface area contributed by atoms with Gasteiger partial charge in [0.1, 0.15) is 0 Å². The van der Waals surface area contributed by atoms with Crippen molar-refractivity contribution in [2.24, 2.45) is 11.3 Å². The van der Waals surface area contributed by atoms with Gasteiger partial charge in [-0.25, -0.2) is 0 Å². The normalized spacial score (nSPS) is 27.9. The highest BCUT2D eigenvalue weighted by molar-refractivity contribution is 8.13. The van der Waals surface area contributed by atoms with Crippen LogP contribution in [0.15, 0.2) is 0 Å². The fraction of sp³-hybridized carbons (Fsp3) is 0.909. The smallest absolute Gasteiger partial charge is 0.185 e. The van der Waals surface area contributed by atoms with E-state index in [4.69, 9.17) is 0 Å². The van der Waals surface area contributed by atoms with Gasteiger partial charge in [0.2, 0.25) is 0 Å². The number of carbonyl (C=O) groups excluding carboxylic acids is 1. The van der Waals surface area contributed by atoms with Crippen LogP contribution in [0.3, 0.4) is 0 Å². The van der Waals surface area contributed by atoms with E-state index in [0.29, 0.717) is 5.41 Å². The first-order valence-electron chi connectivity index (χ1n) is 5.57. The average Bonchev–Trinajstić information content (AvgIpc) is 2.74. The minimum atomic E-state index is 0. The standard InChI is InChI=1S/C11H19NOS.ClH/c1-9(13)14-7-10-6-12-8-11(10)4-2-3-5-11;/h10,12H,2-8H2,1H3;1H. The maximum Gasteiger partial charge on any atom is 0.185 e. The summed E-state index contributed by atoms with van der Waals surface area (Å²) in [4.78, 5) is 10.9. The lowest BCUT2D eigenvalue weighted by molar-refractivity contribution is -0.109. The zero-order chi connectivity index (χ0) is 10.0. The molecular formula is C11H20ClNOS. The molecule has 1 atom stereocenters. The molecule has 0 aromatic carbocycles. The van der Waals surface area contributed by atoms with Crippen LogP contribution in [0.25, 0.3) is 0 Å². The van der Waals surface area contributed by atoms with Crippen LogP contribution in [0.1, 0.15) is 32.6 Å². The van der Waals surface area contributed by atoms with Crippen molar-refractivity contribution < 1.29 is 4.79 Å². The maximum absolute atomic E-state index is 10.9. The summed E-state index contributed by atoms with van der Waals surface area (Å²) in [5, 5.41) is 3.77. The number of hydrogen-bond donors (Lipinski definition) is 1. The topological polar surface area (TPSA) is 29.1 Å². The molecule has 1 saturated carbocycles. The van der Waals surface area contributed by atoms with Crippen LogP contribution in [0.4, 0.5) is 0 Å². The van der Waals surface area contributed by atoms with E-state index >= 15 is 0 Å². The van der Waals surface area contributed by atoms with Crippen LogP contribution in [0, 0.1) is 11.3 Å². The van der Waals surface area contributed by atoms with Gasteiger partial charge in [0.15, 0.2) is 5.12 Å². The van der Waals surface area contributed by atoms with Gasteiger partial charge in [-0.2, -0.15) is 0 Å². The highest BCUT2D eigenvalue weighted by Gasteiger charge is 2.44. The monoisotopic (exact) mass is 249 g/mol.